The van der Waals surface area contributed by atoms with Gasteiger partial charge in [-0.25, -0.2) is 0 Å². The summed E-state index contributed by atoms with van der Waals surface area (Å²) in [5.74, 6) is -3.50. The molecule has 3 N–H and O–H groups in total. The minimum atomic E-state index is -4.84. The van der Waals surface area contributed by atoms with Crippen molar-refractivity contribution in [1.82, 2.24) is 0 Å². The van der Waals surface area contributed by atoms with Gasteiger partial charge < -0.3 is 24.1 Å². The largest absolute Gasteiger partial charge is 2.00 e. The molecule has 0 spiro atoms. The first-order valence-corrected chi connectivity index (χ1v) is 16.6. The molecule has 1 unspecified atom stereocenters. The third-order valence-electron chi connectivity index (χ3n) is 6.20. The van der Waals surface area contributed by atoms with Crippen molar-refractivity contribution in [3.63, 3.8) is 0 Å². The first-order valence-electron chi connectivity index (χ1n) is 15.1. The molecule has 0 aliphatic heterocycles. The monoisotopic (exact) mass is 702 g/mol. The van der Waals surface area contributed by atoms with Gasteiger partial charge >= 0.3 is 60.8 Å². The van der Waals surface area contributed by atoms with Gasteiger partial charge in [-0.3, -0.25) is 14.1 Å². The van der Waals surface area contributed by atoms with Crippen molar-refractivity contribution in [1.29, 1.82) is 0 Å². The second-order valence-corrected chi connectivity index (χ2v) is 11.6. The minimum Gasteiger partial charge on any atom is -0.481 e. The van der Waals surface area contributed by atoms with E-state index in [0.717, 1.165) is 12.8 Å². The van der Waals surface area contributed by atoms with Gasteiger partial charge in [0.2, 0.25) is 0 Å². The van der Waals surface area contributed by atoms with Crippen molar-refractivity contribution in [2.24, 2.45) is 0 Å². The Morgan fingerprint density at radius 2 is 0.846 bits per heavy atom. The molecule has 39 heavy (non-hydrogen) atoms. The van der Waals surface area contributed by atoms with Crippen LogP contribution in [0.1, 0.15) is 162 Å². The molecule has 0 aliphatic rings. The molecule has 0 amide bonds. The van der Waals surface area contributed by atoms with Gasteiger partial charge in [-0.15, -0.1) is 0 Å². The Morgan fingerprint density at radius 3 is 1.00 bits per heavy atom. The molecule has 0 aromatic rings. The molecule has 0 heterocycles. The number of unbranched alkanes of at least 4 members (excludes halogenated alkanes) is 20. The molecule has 0 fully saturated rings. The number of aliphatic carboxylic acids is 2. The van der Waals surface area contributed by atoms with Gasteiger partial charge in [-0.2, -0.15) is 21.3 Å². The van der Waals surface area contributed by atoms with Crippen LogP contribution in [-0.2, 0) is 19.7 Å². The summed E-state index contributed by atoms with van der Waals surface area (Å²) in [6.07, 6.45) is 29.6. The first-order chi connectivity index (χ1) is 18.1. The van der Waals surface area contributed by atoms with E-state index in [0.29, 0.717) is 0 Å². The van der Waals surface area contributed by atoms with E-state index in [1.165, 1.54) is 128 Å². The van der Waals surface area contributed by atoms with E-state index in [9.17, 15) is 18.0 Å². The van der Waals surface area contributed by atoms with Crippen LogP contribution in [0.25, 0.3) is 0 Å². The summed E-state index contributed by atoms with van der Waals surface area (Å²) in [7, 11) is -4.84. The smallest absolute Gasteiger partial charge is 0.481 e. The van der Waals surface area contributed by atoms with E-state index < -0.39 is 33.7 Å². The molecule has 0 rings (SSSR count). The molecule has 0 bridgehead atoms. The fourth-order valence-corrected chi connectivity index (χ4v) is 4.42. The minimum absolute atomic E-state index is 0. The van der Waals surface area contributed by atoms with Crippen LogP contribution in [0.3, 0.4) is 0 Å². The average Bonchev–Trinajstić information content (AvgIpc) is 2.85. The zero-order chi connectivity index (χ0) is 29.5. The Hall–Kier alpha value is 0.421. The van der Waals surface area contributed by atoms with E-state index in [-0.39, 0.29) is 48.9 Å². The molecule has 9 heteroatoms. The Balaban J connectivity index is -0.000000233. The molecular formula is C30H60BaO7S. The Labute approximate surface area is 281 Å². The number of carbonyl (C=O) groups is 2. The molecule has 0 saturated heterocycles. The molecular weight excluding hydrogens is 642 g/mol. The summed E-state index contributed by atoms with van der Waals surface area (Å²) in [6.45, 7) is 12.3. The maximum atomic E-state index is 10.2. The SMILES string of the molecule is O=C(O)CC(C(=O)O)S(=O)(=O)O.[Ba+2].[CH2-]CCCCCCCCCCCC.[CH2-]CCCCCCCCCCCC. The summed E-state index contributed by atoms with van der Waals surface area (Å²) in [6, 6.07) is 0. The van der Waals surface area contributed by atoms with Crippen LogP contribution >= 0.6 is 0 Å². The molecule has 0 aromatic heterocycles. The molecule has 0 aromatic carbocycles. The van der Waals surface area contributed by atoms with E-state index in [1.54, 1.807) is 0 Å². The quantitative estimate of drug-likeness (QED) is 0.0397. The van der Waals surface area contributed by atoms with Crippen LogP contribution < -0.4 is 0 Å². The Morgan fingerprint density at radius 1 is 0.590 bits per heavy atom. The van der Waals surface area contributed by atoms with Crippen LogP contribution in [-0.4, -0.2) is 89.3 Å². The number of rotatable bonds is 24. The van der Waals surface area contributed by atoms with Gasteiger partial charge in [-0.05, 0) is 0 Å². The van der Waals surface area contributed by atoms with Crippen molar-refractivity contribution in [3.8, 4) is 0 Å². The van der Waals surface area contributed by atoms with Crippen molar-refractivity contribution >= 4 is 70.9 Å². The second kappa shape index (κ2) is 36.4. The summed E-state index contributed by atoms with van der Waals surface area (Å²) in [5, 5.41) is 13.9. The summed E-state index contributed by atoms with van der Waals surface area (Å²) in [4.78, 5) is 20.0. The number of hydrogen-bond acceptors (Lipinski definition) is 4. The molecule has 0 aliphatic carbocycles. The fraction of sp³-hybridized carbons (Fsp3) is 0.867. The number of carboxylic acid groups (broad SMARTS) is 2. The molecule has 0 radical (unpaired) electrons. The number of hydrogen-bond donors (Lipinski definition) is 3. The molecule has 7 nitrogen and oxygen atoms in total. The third-order valence-corrected chi connectivity index (χ3v) is 7.29. The normalized spacial score (nSPS) is 11.3. The topological polar surface area (TPSA) is 129 Å². The standard InChI is InChI=1S/2C13H27.C4H6O7S.Ba/c2*1-3-5-7-9-11-13-12-10-8-6-4-2;5-3(6)1-2(4(7)8)12(9,10)11;/h2*1,3-13H2,2H3;2H,1H2,(H,5,6)(H,7,8)(H,9,10,11);/q2*-1;;+2. The molecule has 0 saturated carbocycles. The van der Waals surface area contributed by atoms with Gasteiger partial charge in [0.15, 0.2) is 5.25 Å². The van der Waals surface area contributed by atoms with Crippen LogP contribution in [0, 0.1) is 13.8 Å². The predicted octanol–water partition coefficient (Wildman–Crippen LogP) is 8.68. The zero-order valence-electron chi connectivity index (χ0n) is 25.3. The molecule has 230 valence electrons. The second-order valence-electron chi connectivity index (χ2n) is 10.0. The van der Waals surface area contributed by atoms with Crippen LogP contribution in [0.2, 0.25) is 0 Å². The van der Waals surface area contributed by atoms with Gasteiger partial charge in [-0.1, -0.05) is 142 Å². The van der Waals surface area contributed by atoms with Crippen LogP contribution in [0.5, 0.6) is 0 Å². The van der Waals surface area contributed by atoms with Gasteiger partial charge in [0, 0.05) is 0 Å². The molecule has 1 atom stereocenters. The Bertz CT molecular complexity index is 570. The van der Waals surface area contributed by atoms with Crippen molar-refractivity contribution in [2.75, 3.05) is 0 Å². The third kappa shape index (κ3) is 43.0. The van der Waals surface area contributed by atoms with Gasteiger partial charge in [0.05, 0.1) is 6.42 Å². The number of carboxylic acids is 2. The zero-order valence-corrected chi connectivity index (χ0v) is 30.6. The fourth-order valence-electron chi connectivity index (χ4n) is 3.81. The van der Waals surface area contributed by atoms with E-state index >= 15 is 0 Å². The first kappa shape index (κ1) is 46.4. The van der Waals surface area contributed by atoms with Gasteiger partial charge in [0.25, 0.3) is 10.1 Å². The van der Waals surface area contributed by atoms with Crippen molar-refractivity contribution in [2.45, 2.75) is 167 Å². The van der Waals surface area contributed by atoms with Crippen LogP contribution in [0.4, 0.5) is 0 Å². The van der Waals surface area contributed by atoms with Crippen molar-refractivity contribution < 1.29 is 32.8 Å². The van der Waals surface area contributed by atoms with Gasteiger partial charge in [0.1, 0.15) is 0 Å². The summed E-state index contributed by atoms with van der Waals surface area (Å²) < 4.78 is 28.7. The van der Waals surface area contributed by atoms with E-state index in [2.05, 4.69) is 27.7 Å². The predicted molar refractivity (Wildman–Crippen MR) is 165 cm³/mol. The Kier molecular flexibility index (Phi) is 43.3. The summed E-state index contributed by atoms with van der Waals surface area (Å²) >= 11 is 0. The average molecular weight is 702 g/mol. The maximum absolute atomic E-state index is 10.2. The van der Waals surface area contributed by atoms with E-state index in [1.807, 2.05) is 0 Å². The maximum Gasteiger partial charge on any atom is 2.00 e. The summed E-state index contributed by atoms with van der Waals surface area (Å²) in [5.41, 5.74) is 0. The van der Waals surface area contributed by atoms with E-state index in [4.69, 9.17) is 14.8 Å². The van der Waals surface area contributed by atoms with Crippen LogP contribution in [0.15, 0.2) is 0 Å². The van der Waals surface area contributed by atoms with Crippen molar-refractivity contribution in [3.05, 3.63) is 13.8 Å².